The molecule has 1 aromatic carbocycles. The fourth-order valence-corrected chi connectivity index (χ4v) is 3.99. The van der Waals surface area contributed by atoms with Gasteiger partial charge in [0, 0.05) is 24.4 Å². The molecule has 2 fully saturated rings. The van der Waals surface area contributed by atoms with Gasteiger partial charge in [0.2, 0.25) is 5.91 Å². The maximum absolute atomic E-state index is 13.0. The molecule has 1 heterocycles. The van der Waals surface area contributed by atoms with E-state index in [4.69, 9.17) is 9.47 Å². The topological polar surface area (TPSA) is 55.8 Å². The Morgan fingerprint density at radius 2 is 2.20 bits per heavy atom. The first kappa shape index (κ1) is 17.9. The molecule has 2 unspecified atom stereocenters. The van der Waals surface area contributed by atoms with E-state index < -0.39 is 0 Å². The lowest BCUT2D eigenvalue weighted by molar-refractivity contribution is -0.145. The van der Waals surface area contributed by atoms with Gasteiger partial charge in [0.15, 0.2) is 0 Å². The zero-order chi connectivity index (χ0) is 17.8. The van der Waals surface area contributed by atoms with Crippen LogP contribution < -0.4 is 4.74 Å². The first-order valence-corrected chi connectivity index (χ1v) is 9.13. The van der Waals surface area contributed by atoms with E-state index >= 15 is 0 Å². The minimum atomic E-state index is -0.121. The normalized spacial score (nSPS) is 24.2. The number of methoxy groups -OCH3 is 1. The summed E-state index contributed by atoms with van der Waals surface area (Å²) in [6.07, 6.45) is 3.82. The van der Waals surface area contributed by atoms with Crippen molar-refractivity contribution in [3.8, 4) is 5.75 Å². The number of Topliss-reactive ketones (excluding diaryl/α,β-unsaturated/α-hetero) is 1. The Labute approximate surface area is 149 Å². The van der Waals surface area contributed by atoms with Gasteiger partial charge in [-0.05, 0) is 25.8 Å². The minimum Gasteiger partial charge on any atom is -0.496 e. The van der Waals surface area contributed by atoms with E-state index in [2.05, 4.69) is 0 Å². The lowest BCUT2D eigenvalue weighted by Crippen LogP contribution is -2.54. The Hall–Kier alpha value is -1.88. The summed E-state index contributed by atoms with van der Waals surface area (Å²) in [6.45, 7) is 3.56. The molecule has 25 heavy (non-hydrogen) atoms. The molecule has 136 valence electrons. The monoisotopic (exact) mass is 345 g/mol. The molecule has 1 amide bonds. The number of morpholine rings is 1. The molecule has 1 aliphatic heterocycles. The molecule has 5 heteroatoms. The molecule has 1 aromatic rings. The van der Waals surface area contributed by atoms with Gasteiger partial charge in [-0.2, -0.15) is 0 Å². The van der Waals surface area contributed by atoms with Gasteiger partial charge in [0.05, 0.1) is 32.8 Å². The summed E-state index contributed by atoms with van der Waals surface area (Å²) in [5, 5.41) is 0. The second-order valence-electron chi connectivity index (χ2n) is 7.04. The Morgan fingerprint density at radius 3 is 2.96 bits per heavy atom. The molecule has 2 aliphatic rings. The van der Waals surface area contributed by atoms with E-state index in [1.54, 1.807) is 7.11 Å². The molecule has 0 radical (unpaired) electrons. The molecule has 5 nitrogen and oxygen atoms in total. The third-order valence-electron chi connectivity index (χ3n) is 5.33. The highest BCUT2D eigenvalue weighted by atomic mass is 16.5. The average molecular weight is 345 g/mol. The maximum atomic E-state index is 13.0. The van der Waals surface area contributed by atoms with Crippen LogP contribution in [-0.4, -0.2) is 49.5 Å². The number of nitrogens with zero attached hydrogens (tertiary/aromatic N) is 1. The van der Waals surface area contributed by atoms with Crippen LogP contribution in [0, 0.1) is 12.8 Å². The van der Waals surface area contributed by atoms with Crippen LogP contribution in [0.5, 0.6) is 5.75 Å². The van der Waals surface area contributed by atoms with Crippen molar-refractivity contribution in [3.63, 3.8) is 0 Å². The molecule has 1 saturated carbocycles. The summed E-state index contributed by atoms with van der Waals surface area (Å²) in [4.78, 5) is 27.2. The summed E-state index contributed by atoms with van der Waals surface area (Å²) in [5.41, 5.74) is 2.00. The number of carbonyl (C=O) groups excluding carboxylic acids is 2. The second kappa shape index (κ2) is 8.00. The van der Waals surface area contributed by atoms with Crippen LogP contribution >= 0.6 is 0 Å². The first-order valence-electron chi connectivity index (χ1n) is 9.13. The van der Waals surface area contributed by atoms with Crippen LogP contribution in [0.15, 0.2) is 18.2 Å². The van der Waals surface area contributed by atoms with Crippen molar-refractivity contribution in [2.45, 2.75) is 45.1 Å². The fraction of sp³-hybridized carbons (Fsp3) is 0.600. The maximum Gasteiger partial charge on any atom is 0.227 e. The summed E-state index contributed by atoms with van der Waals surface area (Å²) in [6, 6.07) is 5.76. The van der Waals surface area contributed by atoms with Gasteiger partial charge in [-0.3, -0.25) is 9.59 Å². The van der Waals surface area contributed by atoms with Crippen LogP contribution in [0.4, 0.5) is 0 Å². The Balaban J connectivity index is 1.77. The number of aryl methyl sites for hydroxylation is 1. The SMILES string of the molecule is COc1ccc(C)cc1CC(=O)N1CCOCC1C1CCCCC1=O. The number of hydrogen-bond acceptors (Lipinski definition) is 4. The molecular weight excluding hydrogens is 318 g/mol. The number of hydrogen-bond donors (Lipinski definition) is 0. The Bertz CT molecular complexity index is 643. The summed E-state index contributed by atoms with van der Waals surface area (Å²) >= 11 is 0. The Morgan fingerprint density at radius 1 is 1.36 bits per heavy atom. The van der Waals surface area contributed by atoms with Crippen LogP contribution in [0.3, 0.4) is 0 Å². The summed E-state index contributed by atoms with van der Waals surface area (Å²) < 4.78 is 11.0. The molecule has 3 rings (SSSR count). The van der Waals surface area contributed by atoms with Gasteiger partial charge < -0.3 is 14.4 Å². The predicted octanol–water partition coefficient (Wildman–Crippen LogP) is 2.53. The lowest BCUT2D eigenvalue weighted by atomic mass is 9.82. The molecule has 1 saturated heterocycles. The highest BCUT2D eigenvalue weighted by Gasteiger charge is 2.38. The highest BCUT2D eigenvalue weighted by Crippen LogP contribution is 2.29. The summed E-state index contributed by atoms with van der Waals surface area (Å²) in [7, 11) is 1.62. The van der Waals surface area contributed by atoms with Gasteiger partial charge in [0.25, 0.3) is 0 Å². The van der Waals surface area contributed by atoms with E-state index in [9.17, 15) is 9.59 Å². The van der Waals surface area contributed by atoms with Crippen LogP contribution in [0.25, 0.3) is 0 Å². The van der Waals surface area contributed by atoms with Crippen molar-refractivity contribution in [2.75, 3.05) is 26.9 Å². The van der Waals surface area contributed by atoms with Crippen molar-refractivity contribution in [1.29, 1.82) is 0 Å². The van der Waals surface area contributed by atoms with E-state index in [-0.39, 0.29) is 23.7 Å². The highest BCUT2D eigenvalue weighted by molar-refractivity contribution is 5.84. The molecule has 0 spiro atoms. The predicted molar refractivity (Wildman–Crippen MR) is 94.7 cm³/mol. The van der Waals surface area contributed by atoms with Crippen molar-refractivity contribution in [1.82, 2.24) is 4.90 Å². The third kappa shape index (κ3) is 4.03. The van der Waals surface area contributed by atoms with E-state index in [1.807, 2.05) is 30.0 Å². The van der Waals surface area contributed by atoms with Crippen LogP contribution in [0.1, 0.15) is 36.8 Å². The van der Waals surface area contributed by atoms with Gasteiger partial charge in [-0.15, -0.1) is 0 Å². The smallest absolute Gasteiger partial charge is 0.227 e. The Kier molecular flexibility index (Phi) is 5.74. The van der Waals surface area contributed by atoms with E-state index in [0.717, 1.165) is 36.1 Å². The molecule has 0 bridgehead atoms. The third-order valence-corrected chi connectivity index (χ3v) is 5.33. The van der Waals surface area contributed by atoms with Crippen LogP contribution in [-0.2, 0) is 20.7 Å². The van der Waals surface area contributed by atoms with Crippen molar-refractivity contribution >= 4 is 11.7 Å². The molecule has 0 N–H and O–H groups in total. The molecule has 0 aromatic heterocycles. The number of ketones is 1. The quantitative estimate of drug-likeness (QED) is 0.841. The van der Waals surface area contributed by atoms with Crippen molar-refractivity contribution in [3.05, 3.63) is 29.3 Å². The van der Waals surface area contributed by atoms with Gasteiger partial charge in [-0.25, -0.2) is 0 Å². The first-order chi connectivity index (χ1) is 12.1. The number of amides is 1. The van der Waals surface area contributed by atoms with Gasteiger partial charge >= 0.3 is 0 Å². The average Bonchev–Trinajstić information content (AvgIpc) is 2.62. The number of carbonyl (C=O) groups is 2. The fourth-order valence-electron chi connectivity index (χ4n) is 3.99. The van der Waals surface area contributed by atoms with Gasteiger partial charge in [0.1, 0.15) is 11.5 Å². The molecule has 2 atom stereocenters. The number of benzene rings is 1. The van der Waals surface area contributed by atoms with E-state index in [0.29, 0.717) is 32.6 Å². The van der Waals surface area contributed by atoms with Crippen LogP contribution in [0.2, 0.25) is 0 Å². The standard InChI is InChI=1S/C20H27NO4/c1-14-7-8-19(24-2)15(11-14)12-20(23)21-9-10-25-13-17(21)16-5-3-4-6-18(16)22/h7-8,11,16-17H,3-6,9-10,12-13H2,1-2H3. The van der Waals surface area contributed by atoms with E-state index in [1.165, 1.54) is 0 Å². The van der Waals surface area contributed by atoms with Crippen molar-refractivity contribution in [2.24, 2.45) is 5.92 Å². The van der Waals surface area contributed by atoms with Crippen molar-refractivity contribution < 1.29 is 19.1 Å². The number of ether oxygens (including phenoxy) is 2. The molecular formula is C20H27NO4. The zero-order valence-corrected chi connectivity index (χ0v) is 15.1. The number of rotatable bonds is 4. The lowest BCUT2D eigenvalue weighted by Gasteiger charge is -2.41. The second-order valence-corrected chi connectivity index (χ2v) is 7.04. The minimum absolute atomic E-state index is 0.0515. The zero-order valence-electron chi connectivity index (χ0n) is 15.1. The summed E-state index contributed by atoms with van der Waals surface area (Å²) in [5.74, 6) is 0.998. The molecule has 1 aliphatic carbocycles. The largest absolute Gasteiger partial charge is 0.496 e. The van der Waals surface area contributed by atoms with Gasteiger partial charge in [-0.1, -0.05) is 24.1 Å².